The first-order valence-electron chi connectivity index (χ1n) is 8.61. The van der Waals surface area contributed by atoms with Gasteiger partial charge in [-0.2, -0.15) is 5.10 Å². The van der Waals surface area contributed by atoms with Crippen molar-refractivity contribution >= 4 is 29.1 Å². The summed E-state index contributed by atoms with van der Waals surface area (Å²) in [5.74, 6) is 0.161. The van der Waals surface area contributed by atoms with Gasteiger partial charge in [0.25, 0.3) is 5.91 Å². The van der Waals surface area contributed by atoms with Crippen LogP contribution in [0, 0.1) is 13.8 Å². The second-order valence-corrected chi connectivity index (χ2v) is 7.24. The van der Waals surface area contributed by atoms with E-state index in [9.17, 15) is 4.79 Å². The summed E-state index contributed by atoms with van der Waals surface area (Å²) in [6, 6.07) is 15.0. The zero-order valence-electron chi connectivity index (χ0n) is 15.4. The number of aromatic nitrogens is 2. The van der Waals surface area contributed by atoms with Crippen molar-refractivity contribution in [3.05, 3.63) is 81.1 Å². The average Bonchev–Trinajstić information content (AvgIpc) is 2.92. The molecule has 1 heterocycles. The average molecular weight is 403 g/mol. The quantitative estimate of drug-likeness (QED) is 0.565. The molecule has 0 saturated heterocycles. The minimum atomic E-state index is -0.744. The molecule has 0 amide bonds. The minimum Gasteiger partial charge on any atom is -0.479 e. The predicted octanol–water partition coefficient (Wildman–Crippen LogP) is 5.51. The van der Waals surface area contributed by atoms with Crippen molar-refractivity contribution in [3.8, 4) is 5.75 Å². The zero-order chi connectivity index (χ0) is 19.6. The smallest absolute Gasteiger partial charge is 0.287 e. The molecule has 6 heteroatoms. The van der Waals surface area contributed by atoms with Gasteiger partial charge in [0.1, 0.15) is 5.75 Å². The van der Waals surface area contributed by atoms with Gasteiger partial charge in [-0.3, -0.25) is 4.79 Å². The van der Waals surface area contributed by atoms with Crippen LogP contribution in [0.5, 0.6) is 5.75 Å². The first-order valence-corrected chi connectivity index (χ1v) is 9.37. The summed E-state index contributed by atoms with van der Waals surface area (Å²) in [5.41, 5.74) is 3.87. The van der Waals surface area contributed by atoms with E-state index in [4.69, 9.17) is 27.9 Å². The minimum absolute atomic E-state index is 0.249. The van der Waals surface area contributed by atoms with Crippen LogP contribution in [0.4, 0.5) is 0 Å². The van der Waals surface area contributed by atoms with Gasteiger partial charge in [0.05, 0.1) is 10.7 Å². The number of rotatable bonds is 5. The van der Waals surface area contributed by atoms with Crippen molar-refractivity contribution in [2.24, 2.45) is 0 Å². The largest absolute Gasteiger partial charge is 0.479 e. The molecule has 0 N–H and O–H groups in total. The zero-order valence-corrected chi connectivity index (χ0v) is 16.9. The number of nitrogens with zero attached hydrogens (tertiary/aromatic N) is 2. The highest BCUT2D eigenvalue weighted by molar-refractivity contribution is 6.35. The summed E-state index contributed by atoms with van der Waals surface area (Å²) >= 11 is 12.0. The maximum absolute atomic E-state index is 12.9. The summed E-state index contributed by atoms with van der Waals surface area (Å²) in [5, 5.41) is 5.31. The van der Waals surface area contributed by atoms with E-state index in [2.05, 4.69) is 17.2 Å². The van der Waals surface area contributed by atoms with Crippen LogP contribution in [-0.4, -0.2) is 21.8 Å². The van der Waals surface area contributed by atoms with Gasteiger partial charge in [-0.25, -0.2) is 4.68 Å². The Morgan fingerprint density at radius 2 is 1.85 bits per heavy atom. The molecule has 4 nitrogen and oxygen atoms in total. The highest BCUT2D eigenvalue weighted by atomic mass is 35.5. The van der Waals surface area contributed by atoms with Crippen LogP contribution in [-0.2, 0) is 6.42 Å². The van der Waals surface area contributed by atoms with Crippen molar-refractivity contribution in [1.82, 2.24) is 9.78 Å². The van der Waals surface area contributed by atoms with E-state index in [1.54, 1.807) is 25.1 Å². The third-order valence-electron chi connectivity index (χ3n) is 4.42. The van der Waals surface area contributed by atoms with Crippen LogP contribution in [0.3, 0.4) is 0 Å². The number of benzene rings is 2. The molecule has 1 atom stereocenters. The number of carbonyl (C=O) groups excluding carboxylic acids is 1. The molecule has 3 aromatic rings. The molecule has 0 radical (unpaired) electrons. The fraction of sp³-hybridized carbons (Fsp3) is 0.238. The van der Waals surface area contributed by atoms with Crippen molar-refractivity contribution < 1.29 is 9.53 Å². The van der Waals surface area contributed by atoms with Crippen LogP contribution in [0.25, 0.3) is 0 Å². The lowest BCUT2D eigenvalue weighted by Gasteiger charge is -2.15. The number of ether oxygens (including phenoxy) is 1. The third kappa shape index (κ3) is 4.34. The molecule has 1 aromatic heterocycles. The van der Waals surface area contributed by atoms with Gasteiger partial charge in [-0.05, 0) is 44.5 Å². The molecule has 0 aliphatic heterocycles. The number of halogens is 2. The third-order valence-corrected chi connectivity index (χ3v) is 4.95. The van der Waals surface area contributed by atoms with Gasteiger partial charge in [-0.15, -0.1) is 0 Å². The summed E-state index contributed by atoms with van der Waals surface area (Å²) in [6.07, 6.45) is -0.0180. The molecule has 0 saturated carbocycles. The molecule has 0 fully saturated rings. The topological polar surface area (TPSA) is 44.1 Å². The molecule has 0 aliphatic rings. The SMILES string of the molecule is Cc1nn(C(=O)C(C)Oc2ccc(Cl)cc2Cl)c(C)c1Cc1ccccc1. The van der Waals surface area contributed by atoms with Crippen LogP contribution < -0.4 is 4.74 Å². The highest BCUT2D eigenvalue weighted by Crippen LogP contribution is 2.28. The van der Waals surface area contributed by atoms with Gasteiger partial charge in [0, 0.05) is 22.7 Å². The summed E-state index contributed by atoms with van der Waals surface area (Å²) < 4.78 is 7.16. The molecular weight excluding hydrogens is 383 g/mol. The summed E-state index contributed by atoms with van der Waals surface area (Å²) in [4.78, 5) is 12.9. The molecule has 3 rings (SSSR count). The van der Waals surface area contributed by atoms with E-state index < -0.39 is 6.10 Å². The maximum Gasteiger partial charge on any atom is 0.287 e. The lowest BCUT2D eigenvalue weighted by Crippen LogP contribution is -2.31. The van der Waals surface area contributed by atoms with E-state index in [-0.39, 0.29) is 5.91 Å². The Morgan fingerprint density at radius 3 is 2.52 bits per heavy atom. The molecule has 0 bridgehead atoms. The Hall–Kier alpha value is -2.30. The summed E-state index contributed by atoms with van der Waals surface area (Å²) in [6.45, 7) is 5.50. The molecular formula is C21H20Cl2N2O2. The Kier molecular flexibility index (Phi) is 5.88. The Bertz CT molecular complexity index is 968. The number of hydrogen-bond donors (Lipinski definition) is 0. The van der Waals surface area contributed by atoms with Crippen molar-refractivity contribution in [2.45, 2.75) is 33.3 Å². The van der Waals surface area contributed by atoms with E-state index in [0.29, 0.717) is 15.8 Å². The molecule has 2 aromatic carbocycles. The van der Waals surface area contributed by atoms with Gasteiger partial charge in [-0.1, -0.05) is 53.5 Å². The molecule has 0 aliphatic carbocycles. The van der Waals surface area contributed by atoms with Gasteiger partial charge < -0.3 is 4.74 Å². The van der Waals surface area contributed by atoms with Crippen molar-refractivity contribution in [3.63, 3.8) is 0 Å². The first kappa shape index (κ1) is 19.5. The fourth-order valence-electron chi connectivity index (χ4n) is 2.93. The maximum atomic E-state index is 12.9. The van der Waals surface area contributed by atoms with E-state index in [1.807, 2.05) is 32.0 Å². The van der Waals surface area contributed by atoms with Crippen molar-refractivity contribution in [2.75, 3.05) is 0 Å². The van der Waals surface area contributed by atoms with E-state index >= 15 is 0 Å². The van der Waals surface area contributed by atoms with Crippen LogP contribution >= 0.6 is 23.2 Å². The standard InChI is InChI=1S/C21H20Cl2N2O2/c1-13-18(11-16-7-5-4-6-8-16)14(2)25(24-13)21(26)15(3)27-20-10-9-17(22)12-19(20)23/h4-10,12,15H,11H2,1-3H3. The van der Waals surface area contributed by atoms with Gasteiger partial charge >= 0.3 is 0 Å². The highest BCUT2D eigenvalue weighted by Gasteiger charge is 2.23. The second-order valence-electron chi connectivity index (χ2n) is 6.40. The Balaban J connectivity index is 1.81. The molecule has 1 unspecified atom stereocenters. The van der Waals surface area contributed by atoms with Crippen LogP contribution in [0.15, 0.2) is 48.5 Å². The first-order chi connectivity index (χ1) is 12.9. The van der Waals surface area contributed by atoms with Gasteiger partial charge in [0.15, 0.2) is 6.10 Å². The molecule has 27 heavy (non-hydrogen) atoms. The van der Waals surface area contributed by atoms with Crippen LogP contribution in [0.2, 0.25) is 10.0 Å². The lowest BCUT2D eigenvalue weighted by molar-refractivity contribution is 0.0707. The lowest BCUT2D eigenvalue weighted by atomic mass is 10.0. The van der Waals surface area contributed by atoms with Crippen LogP contribution in [0.1, 0.15) is 34.2 Å². The number of hydrogen-bond acceptors (Lipinski definition) is 3. The molecule has 0 spiro atoms. The van der Waals surface area contributed by atoms with E-state index in [1.165, 1.54) is 10.2 Å². The number of carbonyl (C=O) groups is 1. The Morgan fingerprint density at radius 1 is 1.15 bits per heavy atom. The van der Waals surface area contributed by atoms with Crippen molar-refractivity contribution in [1.29, 1.82) is 0 Å². The monoisotopic (exact) mass is 402 g/mol. The fourth-order valence-corrected chi connectivity index (χ4v) is 3.38. The predicted molar refractivity (Wildman–Crippen MR) is 108 cm³/mol. The van der Waals surface area contributed by atoms with Gasteiger partial charge in [0.2, 0.25) is 0 Å². The van der Waals surface area contributed by atoms with E-state index in [0.717, 1.165) is 23.4 Å². The Labute approximate surface area is 168 Å². The number of aryl methyl sites for hydroxylation is 1. The normalized spacial score (nSPS) is 12.0. The second kappa shape index (κ2) is 8.15. The summed E-state index contributed by atoms with van der Waals surface area (Å²) in [7, 11) is 0. The molecule has 140 valence electrons.